The van der Waals surface area contributed by atoms with Gasteiger partial charge in [-0.3, -0.25) is 4.90 Å². The molecule has 3 heterocycles. The highest BCUT2D eigenvalue weighted by Gasteiger charge is 2.25. The highest BCUT2D eigenvalue weighted by molar-refractivity contribution is 5.59. The summed E-state index contributed by atoms with van der Waals surface area (Å²) in [5.41, 5.74) is 2.29. The van der Waals surface area contributed by atoms with E-state index >= 15 is 0 Å². The van der Waals surface area contributed by atoms with Gasteiger partial charge in [0.15, 0.2) is 0 Å². The van der Waals surface area contributed by atoms with Gasteiger partial charge < -0.3 is 15.0 Å². The number of aromatic nitrogens is 2. The lowest BCUT2D eigenvalue weighted by Crippen LogP contribution is -2.51. The summed E-state index contributed by atoms with van der Waals surface area (Å²) in [5.74, 6) is 0.625. The van der Waals surface area contributed by atoms with Gasteiger partial charge in [-0.25, -0.2) is 9.97 Å². The molecule has 2 fully saturated rings. The first kappa shape index (κ1) is 16.3. The monoisotopic (exact) mass is 339 g/mol. The van der Waals surface area contributed by atoms with Gasteiger partial charge in [0.05, 0.1) is 0 Å². The van der Waals surface area contributed by atoms with Gasteiger partial charge in [0.25, 0.3) is 0 Å². The second kappa shape index (κ2) is 7.80. The Hall–Kier alpha value is -2.18. The van der Waals surface area contributed by atoms with Crippen molar-refractivity contribution in [1.82, 2.24) is 14.9 Å². The van der Waals surface area contributed by atoms with Crippen molar-refractivity contribution in [3.63, 3.8) is 0 Å². The fourth-order valence-electron chi connectivity index (χ4n) is 3.64. The van der Waals surface area contributed by atoms with Crippen molar-refractivity contribution in [2.45, 2.75) is 18.9 Å². The van der Waals surface area contributed by atoms with Crippen LogP contribution in [0.4, 0.5) is 17.3 Å². The molecule has 25 heavy (non-hydrogen) atoms. The highest BCUT2D eigenvalue weighted by atomic mass is 16.5. The molecule has 0 aliphatic carbocycles. The number of hydrogen-bond donors (Lipinski definition) is 1. The van der Waals surface area contributed by atoms with Crippen LogP contribution in [0.3, 0.4) is 0 Å². The molecule has 6 heteroatoms. The minimum absolute atomic E-state index is 0.625. The molecule has 0 bridgehead atoms. The summed E-state index contributed by atoms with van der Waals surface area (Å²) in [6.45, 7) is 6.30. The van der Waals surface area contributed by atoms with Gasteiger partial charge in [0.1, 0.15) is 0 Å². The number of ether oxygens (including phenoxy) is 1. The van der Waals surface area contributed by atoms with E-state index in [-0.39, 0.29) is 0 Å². The van der Waals surface area contributed by atoms with E-state index in [1.165, 1.54) is 18.5 Å². The zero-order valence-corrected chi connectivity index (χ0v) is 14.5. The fourth-order valence-corrected chi connectivity index (χ4v) is 3.64. The zero-order valence-electron chi connectivity index (χ0n) is 14.5. The minimum atomic E-state index is 0.625. The third-order valence-corrected chi connectivity index (χ3v) is 5.08. The Kier molecular flexibility index (Phi) is 5.09. The number of anilines is 3. The molecule has 1 aromatic heterocycles. The Balaban J connectivity index is 1.32. The number of hydrogen-bond acceptors (Lipinski definition) is 6. The third kappa shape index (κ3) is 4.08. The van der Waals surface area contributed by atoms with E-state index in [1.807, 2.05) is 6.07 Å². The van der Waals surface area contributed by atoms with Crippen molar-refractivity contribution in [2.24, 2.45) is 0 Å². The average Bonchev–Trinajstić information content (AvgIpc) is 2.70. The number of piperazine rings is 1. The smallest absolute Gasteiger partial charge is 0.227 e. The van der Waals surface area contributed by atoms with Crippen LogP contribution in [-0.2, 0) is 4.74 Å². The first-order chi connectivity index (χ1) is 12.4. The molecule has 6 nitrogen and oxygen atoms in total. The van der Waals surface area contributed by atoms with Crippen LogP contribution >= 0.6 is 0 Å². The topological polar surface area (TPSA) is 53.5 Å². The van der Waals surface area contributed by atoms with Gasteiger partial charge in [-0.2, -0.15) is 0 Å². The quantitative estimate of drug-likeness (QED) is 0.924. The molecule has 0 unspecified atom stereocenters. The minimum Gasteiger partial charge on any atom is -0.381 e. The third-order valence-electron chi connectivity index (χ3n) is 5.08. The molecule has 0 saturated carbocycles. The summed E-state index contributed by atoms with van der Waals surface area (Å²) in [5, 5.41) is 3.22. The molecule has 2 aromatic rings. The predicted molar refractivity (Wildman–Crippen MR) is 99.4 cm³/mol. The molecule has 0 atom stereocenters. The van der Waals surface area contributed by atoms with Crippen molar-refractivity contribution in [3.05, 3.63) is 42.7 Å². The summed E-state index contributed by atoms with van der Waals surface area (Å²) < 4.78 is 5.48. The molecule has 2 saturated heterocycles. The molecule has 0 spiro atoms. The number of rotatable bonds is 4. The van der Waals surface area contributed by atoms with Crippen molar-refractivity contribution in [1.29, 1.82) is 0 Å². The second-order valence-corrected chi connectivity index (χ2v) is 6.61. The Morgan fingerprint density at radius 2 is 1.60 bits per heavy atom. The van der Waals surface area contributed by atoms with Crippen molar-refractivity contribution < 1.29 is 4.74 Å². The van der Waals surface area contributed by atoms with E-state index in [0.717, 1.165) is 45.1 Å². The maximum absolute atomic E-state index is 5.48. The molecule has 132 valence electrons. The zero-order chi connectivity index (χ0) is 16.9. The molecule has 2 aliphatic rings. The average molecular weight is 339 g/mol. The lowest BCUT2D eigenvalue weighted by atomic mass is 10.1. The van der Waals surface area contributed by atoms with Crippen LogP contribution in [0.5, 0.6) is 0 Å². The van der Waals surface area contributed by atoms with Crippen LogP contribution in [0.2, 0.25) is 0 Å². The molecule has 0 amide bonds. The van der Waals surface area contributed by atoms with Crippen molar-refractivity contribution >= 4 is 17.3 Å². The number of benzene rings is 1. The summed E-state index contributed by atoms with van der Waals surface area (Å²) >= 11 is 0. The van der Waals surface area contributed by atoms with E-state index < -0.39 is 0 Å². The number of nitrogens with one attached hydrogen (secondary N) is 1. The largest absolute Gasteiger partial charge is 0.381 e. The van der Waals surface area contributed by atoms with Gasteiger partial charge in [0, 0.05) is 69.2 Å². The predicted octanol–water partition coefficient (Wildman–Crippen LogP) is 2.52. The van der Waals surface area contributed by atoms with E-state index in [4.69, 9.17) is 4.74 Å². The molecule has 4 rings (SSSR count). The van der Waals surface area contributed by atoms with Crippen LogP contribution in [0.15, 0.2) is 42.7 Å². The molecule has 2 aliphatic heterocycles. The molecule has 1 aromatic carbocycles. The molecule has 1 N–H and O–H groups in total. The van der Waals surface area contributed by atoms with E-state index in [1.54, 1.807) is 12.4 Å². The Morgan fingerprint density at radius 3 is 2.28 bits per heavy atom. The molecular weight excluding hydrogens is 314 g/mol. The maximum atomic E-state index is 5.48. The molecule has 0 radical (unpaired) electrons. The Bertz CT molecular complexity index is 649. The highest BCUT2D eigenvalue weighted by Crippen LogP contribution is 2.23. The van der Waals surface area contributed by atoms with Crippen LogP contribution in [0.1, 0.15) is 12.8 Å². The van der Waals surface area contributed by atoms with Crippen LogP contribution < -0.4 is 10.2 Å². The summed E-state index contributed by atoms with van der Waals surface area (Å²) in [6, 6.07) is 11.1. The normalized spacial score (nSPS) is 19.8. The Morgan fingerprint density at radius 1 is 0.920 bits per heavy atom. The lowest BCUT2D eigenvalue weighted by molar-refractivity contribution is 0.0321. The van der Waals surface area contributed by atoms with Gasteiger partial charge in [-0.1, -0.05) is 0 Å². The van der Waals surface area contributed by atoms with E-state index in [9.17, 15) is 0 Å². The first-order valence-corrected chi connectivity index (χ1v) is 9.09. The van der Waals surface area contributed by atoms with Gasteiger partial charge >= 0.3 is 0 Å². The van der Waals surface area contributed by atoms with Gasteiger partial charge in [-0.05, 0) is 43.2 Å². The summed E-state index contributed by atoms with van der Waals surface area (Å²) in [7, 11) is 0. The van der Waals surface area contributed by atoms with E-state index in [0.29, 0.717) is 12.0 Å². The fraction of sp³-hybridized carbons (Fsp3) is 0.474. The van der Waals surface area contributed by atoms with Crippen LogP contribution in [0, 0.1) is 0 Å². The van der Waals surface area contributed by atoms with Gasteiger partial charge in [0.2, 0.25) is 5.95 Å². The van der Waals surface area contributed by atoms with Crippen molar-refractivity contribution in [2.75, 3.05) is 49.6 Å². The standard InChI is InChI=1S/C19H25N5O/c1-8-20-19(21-9-1)22-16-2-4-17(5-3-16)23-10-12-24(13-11-23)18-6-14-25-15-7-18/h1-5,8-9,18H,6-7,10-15H2,(H,20,21,22). The van der Waals surface area contributed by atoms with Crippen LogP contribution in [-0.4, -0.2) is 60.3 Å². The second-order valence-electron chi connectivity index (χ2n) is 6.61. The van der Waals surface area contributed by atoms with Crippen molar-refractivity contribution in [3.8, 4) is 0 Å². The summed E-state index contributed by atoms with van der Waals surface area (Å²) in [4.78, 5) is 13.5. The summed E-state index contributed by atoms with van der Waals surface area (Å²) in [6.07, 6.45) is 5.84. The van der Waals surface area contributed by atoms with Gasteiger partial charge in [-0.15, -0.1) is 0 Å². The lowest BCUT2D eigenvalue weighted by Gasteiger charge is -2.41. The molecular formula is C19H25N5O. The van der Waals surface area contributed by atoms with E-state index in [2.05, 4.69) is 49.4 Å². The van der Waals surface area contributed by atoms with Crippen LogP contribution in [0.25, 0.3) is 0 Å². The first-order valence-electron chi connectivity index (χ1n) is 9.09. The maximum Gasteiger partial charge on any atom is 0.227 e. The SMILES string of the molecule is c1cnc(Nc2ccc(N3CCN(C4CCOCC4)CC3)cc2)nc1. The Labute approximate surface area is 148 Å². The number of nitrogens with zero attached hydrogens (tertiary/aromatic N) is 4.